The highest BCUT2D eigenvalue weighted by molar-refractivity contribution is 9.13. The number of rotatable bonds is 1. The van der Waals surface area contributed by atoms with Crippen molar-refractivity contribution in [2.24, 2.45) is 0 Å². The summed E-state index contributed by atoms with van der Waals surface area (Å²) in [6.07, 6.45) is -4.46. The van der Waals surface area contributed by atoms with E-state index in [4.69, 9.17) is 5.26 Å². The molecule has 0 N–H and O–H groups in total. The van der Waals surface area contributed by atoms with Crippen LogP contribution in [0.15, 0.2) is 21.1 Å². The zero-order chi connectivity index (χ0) is 11.6. The summed E-state index contributed by atoms with van der Waals surface area (Å²) in [7, 11) is 0. The molecule has 0 aliphatic rings. The molecule has 0 radical (unpaired) electrons. The van der Waals surface area contributed by atoms with E-state index >= 15 is 0 Å². The van der Waals surface area contributed by atoms with Gasteiger partial charge in [0.05, 0.1) is 18.1 Å². The summed E-state index contributed by atoms with van der Waals surface area (Å²) in [4.78, 5) is 0. The minimum absolute atomic E-state index is 0.0664. The molecular formula is C9H4Br2F3N. The minimum Gasteiger partial charge on any atom is -0.198 e. The van der Waals surface area contributed by atoms with Crippen LogP contribution in [0, 0.1) is 11.3 Å². The average molecular weight is 343 g/mol. The summed E-state index contributed by atoms with van der Waals surface area (Å²) in [6, 6.07) is 3.76. The van der Waals surface area contributed by atoms with E-state index in [1.54, 1.807) is 0 Å². The quantitative estimate of drug-likeness (QED) is 0.746. The van der Waals surface area contributed by atoms with E-state index in [-0.39, 0.29) is 6.42 Å². The number of hydrogen-bond acceptors (Lipinski definition) is 1. The summed E-state index contributed by atoms with van der Waals surface area (Å²) >= 11 is 6.12. The SMILES string of the molecule is N#CCc1cc(C(F)(F)F)cc(Br)c1Br. The standard InChI is InChI=1S/C9H4Br2F3N/c10-7-4-6(9(12,13)14)3-5(1-2-15)8(7)11/h3-4H,1H2. The number of halogens is 5. The molecule has 1 nitrogen and oxygen atoms in total. The van der Waals surface area contributed by atoms with Crippen molar-refractivity contribution in [2.75, 3.05) is 0 Å². The fraction of sp³-hybridized carbons (Fsp3) is 0.222. The van der Waals surface area contributed by atoms with Crippen LogP contribution in [0.4, 0.5) is 13.2 Å². The third-order valence-corrected chi connectivity index (χ3v) is 3.79. The predicted octanol–water partition coefficient (Wildman–Crippen LogP) is 4.30. The second-order valence-corrected chi connectivity index (χ2v) is 4.41. The van der Waals surface area contributed by atoms with Gasteiger partial charge in [-0.3, -0.25) is 0 Å². The zero-order valence-corrected chi connectivity index (χ0v) is 10.4. The maximum Gasteiger partial charge on any atom is 0.416 e. The van der Waals surface area contributed by atoms with Gasteiger partial charge in [0.1, 0.15) is 0 Å². The van der Waals surface area contributed by atoms with Gasteiger partial charge in [0.15, 0.2) is 0 Å². The third-order valence-electron chi connectivity index (χ3n) is 1.70. The predicted molar refractivity (Wildman–Crippen MR) is 56.2 cm³/mol. The molecule has 0 aliphatic heterocycles. The van der Waals surface area contributed by atoms with Crippen LogP contribution in [0.5, 0.6) is 0 Å². The fourth-order valence-corrected chi connectivity index (χ4v) is 1.89. The molecule has 0 atom stereocenters. The molecule has 6 heteroatoms. The lowest BCUT2D eigenvalue weighted by Gasteiger charge is -2.10. The summed E-state index contributed by atoms with van der Waals surface area (Å²) < 4.78 is 38.0. The molecule has 0 fully saturated rings. The van der Waals surface area contributed by atoms with Gasteiger partial charge in [-0.05, 0) is 49.6 Å². The Hall–Kier alpha value is -0.540. The van der Waals surface area contributed by atoms with Crippen molar-refractivity contribution < 1.29 is 13.2 Å². The van der Waals surface area contributed by atoms with E-state index in [1.165, 1.54) is 0 Å². The largest absolute Gasteiger partial charge is 0.416 e. The lowest BCUT2D eigenvalue weighted by atomic mass is 10.1. The molecule has 0 saturated carbocycles. The first-order chi connectivity index (χ1) is 6.86. The van der Waals surface area contributed by atoms with Gasteiger partial charge in [-0.15, -0.1) is 0 Å². The Bertz CT molecular complexity index is 421. The van der Waals surface area contributed by atoms with E-state index in [0.29, 0.717) is 14.5 Å². The van der Waals surface area contributed by atoms with E-state index < -0.39 is 11.7 Å². The molecule has 0 spiro atoms. The lowest BCUT2D eigenvalue weighted by molar-refractivity contribution is -0.137. The Morgan fingerprint density at radius 2 is 1.87 bits per heavy atom. The van der Waals surface area contributed by atoms with Crippen LogP contribution >= 0.6 is 31.9 Å². The highest BCUT2D eigenvalue weighted by Gasteiger charge is 2.31. The summed E-state index contributed by atoms with van der Waals surface area (Å²) in [6.45, 7) is 0. The molecule has 1 aromatic rings. The molecule has 80 valence electrons. The molecule has 1 aromatic carbocycles. The summed E-state index contributed by atoms with van der Waals surface area (Å²) in [5, 5.41) is 8.46. The molecule has 0 aromatic heterocycles. The Morgan fingerprint density at radius 3 is 2.33 bits per heavy atom. The van der Waals surface area contributed by atoms with Crippen LogP contribution in [0.1, 0.15) is 11.1 Å². The van der Waals surface area contributed by atoms with Crippen LogP contribution in [-0.2, 0) is 12.6 Å². The maximum absolute atomic E-state index is 12.4. The number of nitrogens with zero attached hydrogens (tertiary/aromatic N) is 1. The highest BCUT2D eigenvalue weighted by atomic mass is 79.9. The Kier molecular flexibility index (Phi) is 3.79. The second-order valence-electron chi connectivity index (χ2n) is 2.76. The van der Waals surface area contributed by atoms with Gasteiger partial charge in [0.2, 0.25) is 0 Å². The van der Waals surface area contributed by atoms with Crippen molar-refractivity contribution in [1.82, 2.24) is 0 Å². The van der Waals surface area contributed by atoms with Crippen LogP contribution in [0.2, 0.25) is 0 Å². The van der Waals surface area contributed by atoms with Crippen LogP contribution in [-0.4, -0.2) is 0 Å². The number of hydrogen-bond donors (Lipinski definition) is 0. The summed E-state index contributed by atoms with van der Waals surface area (Å²) in [5.74, 6) is 0. The molecule has 1 rings (SSSR count). The number of benzene rings is 1. The van der Waals surface area contributed by atoms with Crippen molar-refractivity contribution in [3.63, 3.8) is 0 Å². The van der Waals surface area contributed by atoms with Gasteiger partial charge >= 0.3 is 6.18 Å². The van der Waals surface area contributed by atoms with E-state index in [2.05, 4.69) is 31.9 Å². The molecule has 0 heterocycles. The van der Waals surface area contributed by atoms with Gasteiger partial charge in [0, 0.05) is 8.95 Å². The van der Waals surface area contributed by atoms with Crippen LogP contribution < -0.4 is 0 Å². The van der Waals surface area contributed by atoms with Crippen molar-refractivity contribution in [1.29, 1.82) is 5.26 Å². The Labute approximate surface area is 101 Å². The van der Waals surface area contributed by atoms with Gasteiger partial charge in [-0.1, -0.05) is 0 Å². The topological polar surface area (TPSA) is 23.8 Å². The smallest absolute Gasteiger partial charge is 0.198 e. The molecule has 0 aliphatic carbocycles. The first-order valence-corrected chi connectivity index (χ1v) is 5.37. The molecule has 15 heavy (non-hydrogen) atoms. The molecule has 0 amide bonds. The first kappa shape index (κ1) is 12.5. The van der Waals surface area contributed by atoms with Crippen molar-refractivity contribution in [3.05, 3.63) is 32.2 Å². The highest BCUT2D eigenvalue weighted by Crippen LogP contribution is 2.36. The van der Waals surface area contributed by atoms with Gasteiger partial charge < -0.3 is 0 Å². The number of nitriles is 1. The Morgan fingerprint density at radius 1 is 1.27 bits per heavy atom. The third kappa shape index (κ3) is 2.95. The molecule has 0 bridgehead atoms. The second kappa shape index (κ2) is 4.54. The summed E-state index contributed by atoms with van der Waals surface area (Å²) in [5.41, 5.74) is -0.443. The number of alkyl halides is 3. The van der Waals surface area contributed by atoms with E-state index in [0.717, 1.165) is 12.1 Å². The normalized spacial score (nSPS) is 11.2. The van der Waals surface area contributed by atoms with Crippen molar-refractivity contribution >= 4 is 31.9 Å². The first-order valence-electron chi connectivity index (χ1n) is 3.78. The zero-order valence-electron chi connectivity index (χ0n) is 7.20. The molecule has 0 saturated heterocycles. The lowest BCUT2D eigenvalue weighted by Crippen LogP contribution is -2.06. The average Bonchev–Trinajstić information content (AvgIpc) is 2.11. The minimum atomic E-state index is -4.40. The Balaban J connectivity index is 3.31. The maximum atomic E-state index is 12.4. The van der Waals surface area contributed by atoms with E-state index in [1.807, 2.05) is 6.07 Å². The van der Waals surface area contributed by atoms with Gasteiger partial charge in [-0.25, -0.2) is 0 Å². The monoisotopic (exact) mass is 341 g/mol. The fourth-order valence-electron chi connectivity index (χ4n) is 1.02. The van der Waals surface area contributed by atoms with Gasteiger partial charge in [0.25, 0.3) is 0 Å². The van der Waals surface area contributed by atoms with Gasteiger partial charge in [-0.2, -0.15) is 18.4 Å². The molecular weight excluding hydrogens is 339 g/mol. The molecule has 0 unspecified atom stereocenters. The van der Waals surface area contributed by atoms with Crippen molar-refractivity contribution in [2.45, 2.75) is 12.6 Å². The van der Waals surface area contributed by atoms with Crippen molar-refractivity contribution in [3.8, 4) is 6.07 Å². The van der Waals surface area contributed by atoms with Crippen LogP contribution in [0.3, 0.4) is 0 Å². The van der Waals surface area contributed by atoms with E-state index in [9.17, 15) is 13.2 Å². The van der Waals surface area contributed by atoms with Crippen LogP contribution in [0.25, 0.3) is 0 Å².